The minimum atomic E-state index is -0.576. The van der Waals surface area contributed by atoms with Crippen LogP contribution in [0.3, 0.4) is 0 Å². The van der Waals surface area contributed by atoms with Crippen molar-refractivity contribution in [1.29, 1.82) is 0 Å². The lowest BCUT2D eigenvalue weighted by Gasteiger charge is -2.21. The van der Waals surface area contributed by atoms with E-state index in [1.165, 1.54) is 0 Å². The first kappa shape index (κ1) is 16.7. The molecule has 2 aromatic carbocycles. The third-order valence-electron chi connectivity index (χ3n) is 4.05. The van der Waals surface area contributed by atoms with Gasteiger partial charge in [0, 0.05) is 35.7 Å². The summed E-state index contributed by atoms with van der Waals surface area (Å²) in [6, 6.07) is 15.5. The summed E-state index contributed by atoms with van der Waals surface area (Å²) in [5.74, 6) is 0. The summed E-state index contributed by atoms with van der Waals surface area (Å²) in [4.78, 5) is 4.05. The number of hydrogen-bond acceptors (Lipinski definition) is 3. The molecule has 0 radical (unpaired) electrons. The van der Waals surface area contributed by atoms with E-state index in [-0.39, 0.29) is 6.04 Å². The summed E-state index contributed by atoms with van der Waals surface area (Å²) < 4.78 is 1.96. The van der Waals surface area contributed by atoms with Crippen molar-refractivity contribution in [2.24, 2.45) is 0 Å². The minimum absolute atomic E-state index is 0.0699. The summed E-state index contributed by atoms with van der Waals surface area (Å²) in [5, 5.41) is 14.4. The Kier molecular flexibility index (Phi) is 5.30. The molecule has 0 spiro atoms. The number of nitrogens with zero attached hydrogens (tertiary/aromatic N) is 2. The average molecular weight is 342 g/mol. The fourth-order valence-electron chi connectivity index (χ4n) is 2.54. The van der Waals surface area contributed by atoms with Crippen LogP contribution in [0.2, 0.25) is 5.02 Å². The Hall–Kier alpha value is -2.14. The second kappa shape index (κ2) is 7.62. The molecule has 0 aliphatic carbocycles. The molecule has 0 amide bonds. The molecule has 5 heteroatoms. The number of rotatable bonds is 6. The largest absolute Gasteiger partial charge is 0.387 e. The summed E-state index contributed by atoms with van der Waals surface area (Å²) in [6.07, 6.45) is 4.87. The van der Waals surface area contributed by atoms with Crippen molar-refractivity contribution >= 4 is 11.6 Å². The van der Waals surface area contributed by atoms with Gasteiger partial charge in [0.05, 0.1) is 12.4 Å². The lowest BCUT2D eigenvalue weighted by Crippen LogP contribution is -2.31. The van der Waals surface area contributed by atoms with Gasteiger partial charge in [-0.2, -0.15) is 0 Å². The number of halogens is 1. The molecule has 3 aromatic rings. The van der Waals surface area contributed by atoms with Crippen molar-refractivity contribution in [2.75, 3.05) is 0 Å². The number of nitrogens with one attached hydrogen (secondary N) is 1. The molecule has 124 valence electrons. The van der Waals surface area contributed by atoms with Crippen LogP contribution in [0, 0.1) is 0 Å². The maximum Gasteiger partial charge on any atom is 0.0991 e. The Labute approximate surface area is 146 Å². The molecule has 2 atom stereocenters. The number of aliphatic hydroxyl groups excluding tert-OH is 1. The van der Waals surface area contributed by atoms with Gasteiger partial charge in [0.2, 0.25) is 0 Å². The Bertz CT molecular complexity index is 754. The predicted octanol–water partition coefficient (Wildman–Crippen LogP) is 3.74. The highest BCUT2D eigenvalue weighted by atomic mass is 35.5. The van der Waals surface area contributed by atoms with E-state index in [9.17, 15) is 5.11 Å². The highest BCUT2D eigenvalue weighted by Crippen LogP contribution is 2.19. The standard InChI is InChI=1S/C19H20ClN3O/c1-14(19(24)16-4-6-17(20)7-5-16)22-12-15-2-8-18(9-3-15)23-11-10-21-13-23/h2-11,13-14,19,22,24H,12H2,1H3. The van der Waals surface area contributed by atoms with Gasteiger partial charge in [0.1, 0.15) is 0 Å². The van der Waals surface area contributed by atoms with Gasteiger partial charge < -0.3 is 15.0 Å². The summed E-state index contributed by atoms with van der Waals surface area (Å²) in [5.41, 5.74) is 3.09. The first-order valence-corrected chi connectivity index (χ1v) is 8.25. The van der Waals surface area contributed by atoms with E-state index >= 15 is 0 Å². The fraction of sp³-hybridized carbons (Fsp3) is 0.211. The van der Waals surface area contributed by atoms with Crippen molar-refractivity contribution in [2.45, 2.75) is 25.6 Å². The van der Waals surface area contributed by atoms with Crippen LogP contribution in [0.15, 0.2) is 67.3 Å². The maximum atomic E-state index is 10.4. The first-order valence-electron chi connectivity index (χ1n) is 7.87. The summed E-state index contributed by atoms with van der Waals surface area (Å²) in [6.45, 7) is 2.66. The van der Waals surface area contributed by atoms with E-state index in [1.54, 1.807) is 24.7 Å². The first-order chi connectivity index (χ1) is 11.6. The zero-order chi connectivity index (χ0) is 16.9. The second-order valence-electron chi connectivity index (χ2n) is 5.80. The molecule has 0 aliphatic rings. The van der Waals surface area contributed by atoms with Crippen LogP contribution in [-0.2, 0) is 6.54 Å². The van der Waals surface area contributed by atoms with Crippen molar-refractivity contribution < 1.29 is 5.11 Å². The van der Waals surface area contributed by atoms with E-state index in [0.29, 0.717) is 11.6 Å². The van der Waals surface area contributed by atoms with Crippen molar-refractivity contribution in [1.82, 2.24) is 14.9 Å². The number of hydrogen-bond donors (Lipinski definition) is 2. The second-order valence-corrected chi connectivity index (χ2v) is 6.24. The van der Waals surface area contributed by atoms with Gasteiger partial charge in [0.25, 0.3) is 0 Å². The molecule has 24 heavy (non-hydrogen) atoms. The molecule has 2 N–H and O–H groups in total. The average Bonchev–Trinajstić information content (AvgIpc) is 3.15. The van der Waals surface area contributed by atoms with E-state index in [0.717, 1.165) is 16.8 Å². The summed E-state index contributed by atoms with van der Waals surface area (Å²) >= 11 is 5.88. The van der Waals surface area contributed by atoms with Crippen molar-refractivity contribution in [3.8, 4) is 5.69 Å². The van der Waals surface area contributed by atoms with Crippen molar-refractivity contribution in [3.63, 3.8) is 0 Å². The van der Waals surface area contributed by atoms with Crippen LogP contribution in [-0.4, -0.2) is 20.7 Å². The Morgan fingerprint density at radius 1 is 1.12 bits per heavy atom. The number of benzene rings is 2. The molecular weight excluding hydrogens is 322 g/mol. The van der Waals surface area contributed by atoms with Gasteiger partial charge in [-0.05, 0) is 42.3 Å². The van der Waals surface area contributed by atoms with Gasteiger partial charge in [-0.1, -0.05) is 35.9 Å². The third-order valence-corrected chi connectivity index (χ3v) is 4.30. The number of imidazole rings is 1. The molecule has 0 saturated carbocycles. The Balaban J connectivity index is 1.57. The lowest BCUT2D eigenvalue weighted by molar-refractivity contribution is 0.135. The molecule has 0 aliphatic heterocycles. The predicted molar refractivity (Wildman–Crippen MR) is 96.3 cm³/mol. The molecule has 0 saturated heterocycles. The highest BCUT2D eigenvalue weighted by molar-refractivity contribution is 6.30. The van der Waals surface area contributed by atoms with Crippen LogP contribution < -0.4 is 5.32 Å². The van der Waals surface area contributed by atoms with E-state index < -0.39 is 6.10 Å². The minimum Gasteiger partial charge on any atom is -0.387 e. The normalized spacial score (nSPS) is 13.6. The lowest BCUT2D eigenvalue weighted by atomic mass is 10.0. The Morgan fingerprint density at radius 2 is 1.83 bits per heavy atom. The van der Waals surface area contributed by atoms with Crippen LogP contribution >= 0.6 is 11.6 Å². The number of aromatic nitrogens is 2. The van der Waals surface area contributed by atoms with Crippen molar-refractivity contribution in [3.05, 3.63) is 83.4 Å². The van der Waals surface area contributed by atoms with E-state index in [2.05, 4.69) is 34.6 Å². The highest BCUT2D eigenvalue weighted by Gasteiger charge is 2.15. The SMILES string of the molecule is CC(NCc1ccc(-n2ccnc2)cc1)C(O)c1ccc(Cl)cc1. The van der Waals surface area contributed by atoms with Crippen LogP contribution in [0.25, 0.3) is 5.69 Å². The third kappa shape index (κ3) is 4.03. The van der Waals surface area contributed by atoms with Crippen LogP contribution in [0.4, 0.5) is 0 Å². The van der Waals surface area contributed by atoms with Gasteiger partial charge >= 0.3 is 0 Å². The van der Waals surface area contributed by atoms with Crippen LogP contribution in [0.1, 0.15) is 24.2 Å². The molecule has 1 heterocycles. The molecule has 0 bridgehead atoms. The van der Waals surface area contributed by atoms with E-state index in [1.807, 2.05) is 29.8 Å². The molecule has 4 nitrogen and oxygen atoms in total. The van der Waals surface area contributed by atoms with Crippen LogP contribution in [0.5, 0.6) is 0 Å². The molecule has 2 unspecified atom stereocenters. The topological polar surface area (TPSA) is 50.1 Å². The quantitative estimate of drug-likeness (QED) is 0.718. The van der Waals surface area contributed by atoms with E-state index in [4.69, 9.17) is 11.6 Å². The molecular formula is C19H20ClN3O. The van der Waals surface area contributed by atoms with Gasteiger partial charge in [-0.25, -0.2) is 4.98 Å². The van der Waals surface area contributed by atoms with Gasteiger partial charge in [-0.3, -0.25) is 0 Å². The van der Waals surface area contributed by atoms with Gasteiger partial charge in [0.15, 0.2) is 0 Å². The zero-order valence-corrected chi connectivity index (χ0v) is 14.2. The fourth-order valence-corrected chi connectivity index (χ4v) is 2.66. The number of aliphatic hydroxyl groups is 1. The molecule has 0 fully saturated rings. The van der Waals surface area contributed by atoms with Gasteiger partial charge in [-0.15, -0.1) is 0 Å². The zero-order valence-electron chi connectivity index (χ0n) is 13.4. The smallest absolute Gasteiger partial charge is 0.0991 e. The molecule has 3 rings (SSSR count). The molecule has 1 aromatic heterocycles. The summed E-state index contributed by atoms with van der Waals surface area (Å²) in [7, 11) is 0. The maximum absolute atomic E-state index is 10.4. The Morgan fingerprint density at radius 3 is 2.46 bits per heavy atom. The monoisotopic (exact) mass is 341 g/mol.